The third kappa shape index (κ3) is 4.72. The molecule has 0 aliphatic heterocycles. The molecule has 0 bridgehead atoms. The predicted molar refractivity (Wildman–Crippen MR) is 103 cm³/mol. The number of nitrogens with zero attached hydrogens (tertiary/aromatic N) is 1. The van der Waals surface area contributed by atoms with Crippen molar-refractivity contribution < 1.29 is 9.21 Å². The van der Waals surface area contributed by atoms with Crippen molar-refractivity contribution >= 4 is 11.7 Å². The lowest BCUT2D eigenvalue weighted by molar-refractivity contribution is 0.252. The van der Waals surface area contributed by atoms with E-state index in [1.54, 1.807) is 6.26 Å². The van der Waals surface area contributed by atoms with Crippen LogP contribution in [0.15, 0.2) is 59.2 Å². The number of rotatable bonds is 6. The summed E-state index contributed by atoms with van der Waals surface area (Å²) in [5, 5.41) is 5.69. The molecule has 5 heteroatoms. The van der Waals surface area contributed by atoms with E-state index in [1.807, 2.05) is 55.5 Å². The minimum absolute atomic E-state index is 0.222. The molecule has 26 heavy (non-hydrogen) atoms. The minimum atomic E-state index is -0.222. The highest BCUT2D eigenvalue weighted by Gasteiger charge is 2.07. The molecule has 0 unspecified atom stereocenters. The van der Waals surface area contributed by atoms with Crippen molar-refractivity contribution in [2.45, 2.75) is 26.7 Å². The van der Waals surface area contributed by atoms with Crippen LogP contribution in [-0.2, 0) is 12.8 Å². The number of hydrogen-bond acceptors (Lipinski definition) is 3. The summed E-state index contributed by atoms with van der Waals surface area (Å²) in [6.07, 6.45) is 3.18. The highest BCUT2D eigenvalue weighted by atomic mass is 16.3. The smallest absolute Gasteiger partial charge is 0.319 e. The van der Waals surface area contributed by atoms with Crippen LogP contribution in [0.2, 0.25) is 0 Å². The van der Waals surface area contributed by atoms with Gasteiger partial charge in [-0.15, -0.1) is 0 Å². The van der Waals surface area contributed by atoms with E-state index in [2.05, 4.69) is 22.5 Å². The number of carbonyl (C=O) groups is 1. The van der Waals surface area contributed by atoms with Crippen LogP contribution < -0.4 is 10.6 Å². The van der Waals surface area contributed by atoms with Gasteiger partial charge in [-0.05, 0) is 43.2 Å². The van der Waals surface area contributed by atoms with Gasteiger partial charge in [0.2, 0.25) is 5.89 Å². The average Bonchev–Trinajstić information content (AvgIpc) is 3.11. The van der Waals surface area contributed by atoms with Gasteiger partial charge in [-0.2, -0.15) is 0 Å². The number of aromatic nitrogens is 1. The number of benzene rings is 2. The summed E-state index contributed by atoms with van der Waals surface area (Å²) in [7, 11) is 0. The quantitative estimate of drug-likeness (QED) is 0.685. The summed E-state index contributed by atoms with van der Waals surface area (Å²) in [6, 6.07) is 15.6. The lowest BCUT2D eigenvalue weighted by Gasteiger charge is -2.08. The highest BCUT2D eigenvalue weighted by Crippen LogP contribution is 2.19. The first-order chi connectivity index (χ1) is 12.6. The molecule has 0 saturated carbocycles. The van der Waals surface area contributed by atoms with Gasteiger partial charge in [0.25, 0.3) is 0 Å². The Labute approximate surface area is 153 Å². The molecule has 134 valence electrons. The first-order valence-electron chi connectivity index (χ1n) is 8.79. The molecule has 0 fully saturated rings. The second-order valence-corrected chi connectivity index (χ2v) is 6.19. The maximum atomic E-state index is 12.0. The molecular formula is C21H23N3O2. The number of carbonyl (C=O) groups excluding carboxylic acids is 1. The van der Waals surface area contributed by atoms with Crippen LogP contribution in [0.4, 0.5) is 10.5 Å². The normalized spacial score (nSPS) is 10.5. The Balaban J connectivity index is 1.48. The summed E-state index contributed by atoms with van der Waals surface area (Å²) in [5.41, 5.74) is 4.94. The van der Waals surface area contributed by atoms with Crippen molar-refractivity contribution in [2.24, 2.45) is 0 Å². The largest absolute Gasteiger partial charge is 0.444 e. The van der Waals surface area contributed by atoms with Gasteiger partial charge >= 0.3 is 6.03 Å². The van der Waals surface area contributed by atoms with Gasteiger partial charge in [-0.3, -0.25) is 0 Å². The lowest BCUT2D eigenvalue weighted by atomic mass is 10.1. The van der Waals surface area contributed by atoms with Crippen molar-refractivity contribution in [3.8, 4) is 11.5 Å². The molecule has 1 heterocycles. The lowest BCUT2D eigenvalue weighted by Crippen LogP contribution is -2.30. The first-order valence-corrected chi connectivity index (χ1v) is 8.79. The van der Waals surface area contributed by atoms with Gasteiger partial charge in [-0.25, -0.2) is 9.78 Å². The van der Waals surface area contributed by atoms with E-state index in [0.29, 0.717) is 18.9 Å². The van der Waals surface area contributed by atoms with Gasteiger partial charge in [0, 0.05) is 24.2 Å². The predicted octanol–water partition coefficient (Wildman–Crippen LogP) is 4.58. The molecule has 0 radical (unpaired) electrons. The second-order valence-electron chi connectivity index (χ2n) is 6.19. The zero-order valence-electron chi connectivity index (χ0n) is 15.1. The number of anilines is 1. The number of oxazole rings is 1. The Hall–Kier alpha value is -3.08. The zero-order chi connectivity index (χ0) is 18.4. The summed E-state index contributed by atoms with van der Waals surface area (Å²) in [5.74, 6) is 0.598. The van der Waals surface area contributed by atoms with Crippen LogP contribution in [0.3, 0.4) is 0 Å². The molecule has 0 aliphatic rings. The van der Waals surface area contributed by atoms with Gasteiger partial charge in [0.1, 0.15) is 6.26 Å². The molecule has 2 N–H and O–H groups in total. The van der Waals surface area contributed by atoms with Crippen molar-refractivity contribution in [1.82, 2.24) is 10.3 Å². The molecular weight excluding hydrogens is 326 g/mol. The van der Waals surface area contributed by atoms with E-state index in [0.717, 1.165) is 23.4 Å². The van der Waals surface area contributed by atoms with E-state index in [1.165, 1.54) is 11.1 Å². The molecule has 2 aromatic carbocycles. The van der Waals surface area contributed by atoms with Crippen LogP contribution in [0.25, 0.3) is 11.5 Å². The summed E-state index contributed by atoms with van der Waals surface area (Å²) in [4.78, 5) is 16.5. The van der Waals surface area contributed by atoms with E-state index >= 15 is 0 Å². The Morgan fingerprint density at radius 3 is 2.73 bits per heavy atom. The number of nitrogens with one attached hydrogen (secondary N) is 2. The fourth-order valence-corrected chi connectivity index (χ4v) is 2.60. The van der Waals surface area contributed by atoms with Crippen LogP contribution >= 0.6 is 0 Å². The molecule has 1 aromatic heterocycles. The first kappa shape index (κ1) is 17.7. The van der Waals surface area contributed by atoms with E-state index in [-0.39, 0.29) is 6.03 Å². The number of hydrogen-bond donors (Lipinski definition) is 2. The van der Waals surface area contributed by atoms with Crippen molar-refractivity contribution in [3.05, 3.63) is 71.6 Å². The van der Waals surface area contributed by atoms with Crippen LogP contribution in [-0.4, -0.2) is 17.6 Å². The van der Waals surface area contributed by atoms with E-state index < -0.39 is 0 Å². The summed E-state index contributed by atoms with van der Waals surface area (Å²) < 4.78 is 5.53. The van der Waals surface area contributed by atoms with Gasteiger partial charge in [-0.1, -0.05) is 36.8 Å². The van der Waals surface area contributed by atoms with Gasteiger partial charge < -0.3 is 15.1 Å². The third-order valence-corrected chi connectivity index (χ3v) is 4.11. The Bertz CT molecular complexity index is 869. The minimum Gasteiger partial charge on any atom is -0.444 e. The maximum Gasteiger partial charge on any atom is 0.319 e. The molecule has 3 aromatic rings. The standard InChI is InChI=1S/C21H23N3O2/c1-3-16-5-4-6-18(13-16)24-21(25)22-12-11-19-14-26-20(23-19)17-9-7-15(2)8-10-17/h4-10,13-14H,3,11-12H2,1-2H3,(H2,22,24,25). The Morgan fingerprint density at radius 1 is 1.15 bits per heavy atom. The monoisotopic (exact) mass is 349 g/mol. The molecule has 0 saturated heterocycles. The van der Waals surface area contributed by atoms with Crippen LogP contribution in [0.5, 0.6) is 0 Å². The average molecular weight is 349 g/mol. The molecule has 3 rings (SSSR count). The number of urea groups is 1. The van der Waals surface area contributed by atoms with Crippen LogP contribution in [0, 0.1) is 6.92 Å². The van der Waals surface area contributed by atoms with Crippen molar-refractivity contribution in [2.75, 3.05) is 11.9 Å². The van der Waals surface area contributed by atoms with Crippen molar-refractivity contribution in [1.29, 1.82) is 0 Å². The molecule has 5 nitrogen and oxygen atoms in total. The van der Waals surface area contributed by atoms with E-state index in [9.17, 15) is 4.79 Å². The fraction of sp³-hybridized carbons (Fsp3) is 0.238. The zero-order valence-corrected chi connectivity index (χ0v) is 15.1. The van der Waals surface area contributed by atoms with Gasteiger partial charge in [0.05, 0.1) is 5.69 Å². The molecule has 0 aliphatic carbocycles. The van der Waals surface area contributed by atoms with Gasteiger partial charge in [0.15, 0.2) is 0 Å². The summed E-state index contributed by atoms with van der Waals surface area (Å²) in [6.45, 7) is 4.61. The van der Waals surface area contributed by atoms with E-state index in [4.69, 9.17) is 4.42 Å². The maximum absolute atomic E-state index is 12.0. The van der Waals surface area contributed by atoms with Crippen LogP contribution in [0.1, 0.15) is 23.7 Å². The Morgan fingerprint density at radius 2 is 1.96 bits per heavy atom. The van der Waals surface area contributed by atoms with Crippen molar-refractivity contribution in [3.63, 3.8) is 0 Å². The fourth-order valence-electron chi connectivity index (χ4n) is 2.60. The Kier molecular flexibility index (Phi) is 5.69. The SMILES string of the molecule is CCc1cccc(NC(=O)NCCc2coc(-c3ccc(C)cc3)n2)c1. The number of amides is 2. The highest BCUT2D eigenvalue weighted by molar-refractivity contribution is 5.89. The second kappa shape index (κ2) is 8.34. The molecule has 2 amide bonds. The number of aryl methyl sites for hydroxylation is 2. The summed E-state index contributed by atoms with van der Waals surface area (Å²) >= 11 is 0. The molecule has 0 atom stereocenters. The topological polar surface area (TPSA) is 67.2 Å². The molecule has 0 spiro atoms. The third-order valence-electron chi connectivity index (χ3n) is 4.11.